The number of hydrogen-bond donors (Lipinski definition) is 2. The van der Waals surface area contributed by atoms with Gasteiger partial charge in [0, 0.05) is 29.4 Å². The Morgan fingerprint density at radius 1 is 1.42 bits per heavy atom. The number of aromatic nitrogens is 3. The Kier molecular flexibility index (Phi) is 4.06. The van der Waals surface area contributed by atoms with Crippen LogP contribution in [0.1, 0.15) is 58.3 Å². The normalized spacial score (nSPS) is 27.0. The Bertz CT molecular complexity index is 791. The molecule has 0 aliphatic heterocycles. The van der Waals surface area contributed by atoms with Crippen LogP contribution in [0.3, 0.4) is 0 Å². The molecule has 1 aliphatic rings. The minimum Gasteiger partial charge on any atom is -0.399 e. The number of hydrogen-bond acceptors (Lipinski definition) is 4. The van der Waals surface area contributed by atoms with Crippen molar-refractivity contribution in [2.24, 2.45) is 17.6 Å². The van der Waals surface area contributed by atoms with E-state index < -0.39 is 0 Å². The van der Waals surface area contributed by atoms with Crippen molar-refractivity contribution < 1.29 is 0 Å². The molecule has 3 atom stereocenters. The predicted molar refractivity (Wildman–Crippen MR) is 100 cm³/mol. The average molecular weight is 327 g/mol. The molecule has 1 aliphatic carbocycles. The summed E-state index contributed by atoms with van der Waals surface area (Å²) in [6.07, 6.45) is 6.25. The number of rotatable bonds is 4. The standard InChI is InChI=1S/C19H29N5/c1-6-7-15-22-17(21)16-14(13(4)20)10-24(18(16)23-15)19(5)9-11(2)8-12(19)3/h10-12H,4,6-9,20H2,1-3,5H3,(H2,21,22,23). The summed E-state index contributed by atoms with van der Waals surface area (Å²) in [5.41, 5.74) is 14.6. The molecule has 0 spiro atoms. The average Bonchev–Trinajstić information content (AvgIpc) is 2.98. The highest BCUT2D eigenvalue weighted by molar-refractivity contribution is 5.97. The van der Waals surface area contributed by atoms with Gasteiger partial charge in [-0.05, 0) is 38.0 Å². The molecule has 0 radical (unpaired) electrons. The lowest BCUT2D eigenvalue weighted by Crippen LogP contribution is -2.32. The van der Waals surface area contributed by atoms with E-state index in [1.54, 1.807) is 0 Å². The topological polar surface area (TPSA) is 82.8 Å². The molecule has 130 valence electrons. The van der Waals surface area contributed by atoms with Gasteiger partial charge < -0.3 is 16.0 Å². The first-order chi connectivity index (χ1) is 11.3. The van der Waals surface area contributed by atoms with Crippen LogP contribution < -0.4 is 11.5 Å². The van der Waals surface area contributed by atoms with Gasteiger partial charge in [-0.15, -0.1) is 0 Å². The molecule has 2 aromatic heterocycles. The molecule has 3 rings (SSSR count). The zero-order valence-corrected chi connectivity index (χ0v) is 15.3. The van der Waals surface area contributed by atoms with E-state index in [0.29, 0.717) is 23.4 Å². The van der Waals surface area contributed by atoms with Crippen molar-refractivity contribution >= 4 is 22.5 Å². The number of aryl methyl sites for hydroxylation is 1. The molecule has 5 heteroatoms. The molecular formula is C19H29N5. The van der Waals surface area contributed by atoms with Crippen LogP contribution in [0.25, 0.3) is 16.7 Å². The summed E-state index contributed by atoms with van der Waals surface area (Å²) < 4.78 is 2.29. The van der Waals surface area contributed by atoms with Crippen LogP contribution in [-0.2, 0) is 12.0 Å². The second-order valence-corrected chi connectivity index (χ2v) is 7.71. The fraction of sp³-hybridized carbons (Fsp3) is 0.579. The van der Waals surface area contributed by atoms with Gasteiger partial charge in [0.25, 0.3) is 0 Å². The summed E-state index contributed by atoms with van der Waals surface area (Å²) >= 11 is 0. The molecule has 4 N–H and O–H groups in total. The van der Waals surface area contributed by atoms with E-state index in [1.807, 2.05) is 0 Å². The van der Waals surface area contributed by atoms with Gasteiger partial charge in [0.1, 0.15) is 17.3 Å². The van der Waals surface area contributed by atoms with Gasteiger partial charge in [0.15, 0.2) is 0 Å². The van der Waals surface area contributed by atoms with Crippen LogP contribution in [-0.4, -0.2) is 14.5 Å². The molecule has 24 heavy (non-hydrogen) atoms. The Hall–Kier alpha value is -2.04. The second kappa shape index (κ2) is 5.80. The number of fused-ring (bicyclic) bond motifs is 1. The molecule has 0 amide bonds. The summed E-state index contributed by atoms with van der Waals surface area (Å²) in [4.78, 5) is 9.34. The maximum absolute atomic E-state index is 6.28. The van der Waals surface area contributed by atoms with Crippen molar-refractivity contribution in [2.75, 3.05) is 5.73 Å². The molecule has 0 bridgehead atoms. The first-order valence-electron chi connectivity index (χ1n) is 8.90. The number of anilines is 1. The van der Waals surface area contributed by atoms with E-state index in [9.17, 15) is 0 Å². The van der Waals surface area contributed by atoms with Crippen molar-refractivity contribution in [3.8, 4) is 0 Å². The van der Waals surface area contributed by atoms with E-state index in [-0.39, 0.29) is 5.54 Å². The monoisotopic (exact) mass is 327 g/mol. The van der Waals surface area contributed by atoms with Gasteiger partial charge >= 0.3 is 0 Å². The van der Waals surface area contributed by atoms with E-state index in [1.165, 1.54) is 6.42 Å². The zero-order chi connectivity index (χ0) is 17.6. The van der Waals surface area contributed by atoms with Crippen LogP contribution in [0.15, 0.2) is 12.8 Å². The van der Waals surface area contributed by atoms with Crippen molar-refractivity contribution in [1.29, 1.82) is 0 Å². The highest BCUT2D eigenvalue weighted by atomic mass is 15.1. The van der Waals surface area contributed by atoms with Gasteiger partial charge in [-0.25, -0.2) is 9.97 Å². The SMILES string of the molecule is C=C(N)c1cn(C2(C)CC(C)CC2C)c2nc(CCC)nc(N)c12. The van der Waals surface area contributed by atoms with Crippen LogP contribution >= 0.6 is 0 Å². The maximum Gasteiger partial charge on any atom is 0.147 e. The predicted octanol–water partition coefficient (Wildman–Crippen LogP) is 3.68. The summed E-state index contributed by atoms with van der Waals surface area (Å²) in [5, 5.41) is 0.843. The number of nitrogens with zero attached hydrogens (tertiary/aromatic N) is 3. The van der Waals surface area contributed by atoms with E-state index >= 15 is 0 Å². The van der Waals surface area contributed by atoms with Crippen molar-refractivity contribution in [1.82, 2.24) is 14.5 Å². The van der Waals surface area contributed by atoms with Crippen LogP contribution in [0.4, 0.5) is 5.82 Å². The van der Waals surface area contributed by atoms with Crippen molar-refractivity contribution in [3.05, 3.63) is 24.2 Å². The fourth-order valence-electron chi connectivity index (χ4n) is 4.35. The van der Waals surface area contributed by atoms with E-state index in [0.717, 1.165) is 41.7 Å². The molecule has 1 fully saturated rings. The lowest BCUT2D eigenvalue weighted by Gasteiger charge is -2.32. The van der Waals surface area contributed by atoms with Gasteiger partial charge in [-0.2, -0.15) is 0 Å². The van der Waals surface area contributed by atoms with E-state index in [2.05, 4.69) is 50.0 Å². The van der Waals surface area contributed by atoms with Gasteiger partial charge in [-0.1, -0.05) is 27.4 Å². The minimum absolute atomic E-state index is 0.00957. The first kappa shape index (κ1) is 16.8. The van der Waals surface area contributed by atoms with Gasteiger partial charge in [-0.3, -0.25) is 0 Å². The van der Waals surface area contributed by atoms with Crippen LogP contribution in [0, 0.1) is 11.8 Å². The van der Waals surface area contributed by atoms with Crippen LogP contribution in [0.5, 0.6) is 0 Å². The zero-order valence-electron chi connectivity index (χ0n) is 15.3. The summed E-state index contributed by atoms with van der Waals surface area (Å²) in [6.45, 7) is 13.0. The molecule has 2 aromatic rings. The summed E-state index contributed by atoms with van der Waals surface area (Å²) in [5.74, 6) is 2.57. The lowest BCUT2D eigenvalue weighted by molar-refractivity contribution is 0.251. The largest absolute Gasteiger partial charge is 0.399 e. The smallest absolute Gasteiger partial charge is 0.147 e. The molecule has 0 saturated heterocycles. The Labute approximate surface area is 144 Å². The summed E-state index contributed by atoms with van der Waals surface area (Å²) in [6, 6.07) is 0. The van der Waals surface area contributed by atoms with Crippen molar-refractivity contribution in [3.63, 3.8) is 0 Å². The second-order valence-electron chi connectivity index (χ2n) is 7.71. The summed E-state index contributed by atoms with van der Waals surface area (Å²) in [7, 11) is 0. The molecule has 0 aromatic carbocycles. The fourth-order valence-corrected chi connectivity index (χ4v) is 4.35. The Balaban J connectivity index is 2.29. The molecule has 2 heterocycles. The molecule has 5 nitrogen and oxygen atoms in total. The number of nitrogens with two attached hydrogens (primary N) is 2. The highest BCUT2D eigenvalue weighted by Gasteiger charge is 2.42. The third-order valence-electron chi connectivity index (χ3n) is 5.67. The van der Waals surface area contributed by atoms with Gasteiger partial charge in [0.05, 0.1) is 5.39 Å². The maximum atomic E-state index is 6.28. The molecular weight excluding hydrogens is 298 g/mol. The Morgan fingerprint density at radius 3 is 2.67 bits per heavy atom. The Morgan fingerprint density at radius 2 is 2.12 bits per heavy atom. The first-order valence-corrected chi connectivity index (χ1v) is 8.90. The third kappa shape index (κ3) is 2.46. The highest BCUT2D eigenvalue weighted by Crippen LogP contribution is 2.47. The van der Waals surface area contributed by atoms with Gasteiger partial charge in [0.2, 0.25) is 0 Å². The van der Waals surface area contributed by atoms with Crippen LogP contribution in [0.2, 0.25) is 0 Å². The quantitative estimate of drug-likeness (QED) is 0.897. The third-order valence-corrected chi connectivity index (χ3v) is 5.67. The van der Waals surface area contributed by atoms with Crippen molar-refractivity contribution in [2.45, 2.75) is 58.9 Å². The molecule has 3 unspecified atom stereocenters. The molecule has 1 saturated carbocycles. The lowest BCUT2D eigenvalue weighted by atomic mass is 9.90. The van der Waals surface area contributed by atoms with E-state index in [4.69, 9.17) is 16.5 Å². The number of nitrogen functional groups attached to an aromatic ring is 1. The minimum atomic E-state index is 0.00957.